The van der Waals surface area contributed by atoms with Crippen molar-refractivity contribution in [2.45, 2.75) is 46.1 Å². The molecule has 0 amide bonds. The Bertz CT molecular complexity index is 421. The van der Waals surface area contributed by atoms with Crippen LogP contribution in [0.3, 0.4) is 0 Å². The molecule has 1 aromatic rings. The van der Waals surface area contributed by atoms with E-state index in [-0.39, 0.29) is 5.28 Å². The van der Waals surface area contributed by atoms with E-state index in [0.717, 1.165) is 19.4 Å². The van der Waals surface area contributed by atoms with Crippen LogP contribution in [0.5, 0.6) is 0 Å². The van der Waals surface area contributed by atoms with E-state index >= 15 is 0 Å². The maximum atomic E-state index is 5.89. The van der Waals surface area contributed by atoms with Gasteiger partial charge in [-0.15, -0.1) is 0 Å². The molecule has 5 nitrogen and oxygen atoms in total. The summed E-state index contributed by atoms with van der Waals surface area (Å²) >= 11 is 5.89. The lowest BCUT2D eigenvalue weighted by Crippen LogP contribution is -2.20. The number of nitrogens with one attached hydrogen (secondary N) is 2. The molecule has 6 heteroatoms. The van der Waals surface area contributed by atoms with Crippen LogP contribution in [0.15, 0.2) is 0 Å². The van der Waals surface area contributed by atoms with Crippen LogP contribution in [0, 0.1) is 5.41 Å². The van der Waals surface area contributed by atoms with Gasteiger partial charge < -0.3 is 10.6 Å². The molecular formula is C12H20ClN5. The standard InChI is InChI=1S/C12H20ClN5/c1-4-14-10-16-9(13)17-11(18-10)15-8-5-6-12(2,3)7-8/h8H,4-7H2,1-3H3,(H2,14,15,16,17,18). The Morgan fingerprint density at radius 1 is 1.28 bits per heavy atom. The molecule has 0 aromatic carbocycles. The maximum absolute atomic E-state index is 5.89. The summed E-state index contributed by atoms with van der Waals surface area (Å²) in [6.45, 7) is 7.33. The van der Waals surface area contributed by atoms with Crippen LogP contribution in [0.2, 0.25) is 5.28 Å². The van der Waals surface area contributed by atoms with Crippen LogP contribution in [0.25, 0.3) is 0 Å². The summed E-state index contributed by atoms with van der Waals surface area (Å²) < 4.78 is 0. The molecule has 2 rings (SSSR count). The Hall–Kier alpha value is -1.10. The number of hydrogen-bond donors (Lipinski definition) is 2. The fourth-order valence-corrected chi connectivity index (χ4v) is 2.55. The third-order valence-corrected chi connectivity index (χ3v) is 3.41. The number of aromatic nitrogens is 3. The average Bonchev–Trinajstić information content (AvgIpc) is 2.57. The number of hydrogen-bond acceptors (Lipinski definition) is 5. The number of halogens is 1. The molecule has 1 heterocycles. The first-order valence-electron chi connectivity index (χ1n) is 6.40. The fraction of sp³-hybridized carbons (Fsp3) is 0.750. The molecule has 100 valence electrons. The van der Waals surface area contributed by atoms with Crippen molar-refractivity contribution in [3.05, 3.63) is 5.28 Å². The molecule has 18 heavy (non-hydrogen) atoms. The lowest BCUT2D eigenvalue weighted by atomic mass is 9.92. The van der Waals surface area contributed by atoms with Crippen molar-refractivity contribution in [3.63, 3.8) is 0 Å². The van der Waals surface area contributed by atoms with Gasteiger partial charge in [0.1, 0.15) is 0 Å². The highest BCUT2D eigenvalue weighted by molar-refractivity contribution is 6.28. The summed E-state index contributed by atoms with van der Waals surface area (Å²) in [5.41, 5.74) is 0.402. The number of nitrogens with zero attached hydrogens (tertiary/aromatic N) is 3. The number of anilines is 2. The van der Waals surface area contributed by atoms with Crippen molar-refractivity contribution in [1.82, 2.24) is 15.0 Å². The topological polar surface area (TPSA) is 62.7 Å². The zero-order chi connectivity index (χ0) is 13.2. The summed E-state index contributed by atoms with van der Waals surface area (Å²) in [4.78, 5) is 12.4. The van der Waals surface area contributed by atoms with Crippen molar-refractivity contribution in [3.8, 4) is 0 Å². The Balaban J connectivity index is 2.05. The summed E-state index contributed by atoms with van der Waals surface area (Å²) in [6, 6.07) is 0.424. The molecule has 1 aliphatic rings. The van der Waals surface area contributed by atoms with E-state index in [1.54, 1.807) is 0 Å². The van der Waals surface area contributed by atoms with Gasteiger partial charge in [0.2, 0.25) is 17.2 Å². The minimum absolute atomic E-state index is 0.223. The van der Waals surface area contributed by atoms with Gasteiger partial charge in [-0.2, -0.15) is 15.0 Å². The van der Waals surface area contributed by atoms with E-state index in [0.29, 0.717) is 23.4 Å². The van der Waals surface area contributed by atoms with Gasteiger partial charge in [0.05, 0.1) is 0 Å². The third kappa shape index (κ3) is 3.45. The summed E-state index contributed by atoms with van der Waals surface area (Å²) in [5.74, 6) is 1.09. The molecule has 0 saturated heterocycles. The molecule has 2 N–H and O–H groups in total. The zero-order valence-electron chi connectivity index (χ0n) is 11.1. The van der Waals surface area contributed by atoms with Crippen LogP contribution in [0.1, 0.15) is 40.0 Å². The van der Waals surface area contributed by atoms with Crippen LogP contribution < -0.4 is 10.6 Å². The van der Waals surface area contributed by atoms with E-state index in [9.17, 15) is 0 Å². The molecule has 0 spiro atoms. The highest BCUT2D eigenvalue weighted by atomic mass is 35.5. The first-order chi connectivity index (χ1) is 8.48. The summed E-state index contributed by atoms with van der Waals surface area (Å²) in [6.07, 6.45) is 3.50. The van der Waals surface area contributed by atoms with Gasteiger partial charge in [0.25, 0.3) is 0 Å². The Morgan fingerprint density at radius 3 is 2.61 bits per heavy atom. The highest BCUT2D eigenvalue weighted by Crippen LogP contribution is 2.37. The SMILES string of the molecule is CCNc1nc(Cl)nc(NC2CCC(C)(C)C2)n1. The molecule has 0 radical (unpaired) electrons. The van der Waals surface area contributed by atoms with E-state index in [1.165, 1.54) is 6.42 Å². The zero-order valence-corrected chi connectivity index (χ0v) is 11.9. The van der Waals surface area contributed by atoms with Crippen molar-refractivity contribution in [2.24, 2.45) is 5.41 Å². The minimum Gasteiger partial charge on any atom is -0.354 e. The van der Waals surface area contributed by atoms with E-state index in [2.05, 4.69) is 39.4 Å². The largest absolute Gasteiger partial charge is 0.354 e. The molecule has 1 atom stereocenters. The molecule has 0 bridgehead atoms. The Morgan fingerprint density at radius 2 is 2.00 bits per heavy atom. The van der Waals surface area contributed by atoms with E-state index < -0.39 is 0 Å². The first-order valence-corrected chi connectivity index (χ1v) is 6.78. The molecule has 1 fully saturated rings. The average molecular weight is 270 g/mol. The van der Waals surface area contributed by atoms with Crippen LogP contribution in [-0.4, -0.2) is 27.5 Å². The van der Waals surface area contributed by atoms with E-state index in [4.69, 9.17) is 11.6 Å². The molecule has 1 aromatic heterocycles. The molecule has 1 saturated carbocycles. The lowest BCUT2D eigenvalue weighted by molar-refractivity contribution is 0.378. The molecule has 1 aliphatic carbocycles. The van der Waals surface area contributed by atoms with Gasteiger partial charge in [-0.25, -0.2) is 0 Å². The normalized spacial score (nSPS) is 21.9. The van der Waals surface area contributed by atoms with Gasteiger partial charge in [0, 0.05) is 12.6 Å². The quantitative estimate of drug-likeness (QED) is 0.880. The fourth-order valence-electron chi connectivity index (χ4n) is 2.39. The van der Waals surface area contributed by atoms with E-state index in [1.807, 2.05) is 6.92 Å². The summed E-state index contributed by atoms with van der Waals surface area (Å²) in [5, 5.41) is 6.62. The second-order valence-corrected chi connectivity index (χ2v) is 5.87. The predicted molar refractivity (Wildman–Crippen MR) is 74.0 cm³/mol. The van der Waals surface area contributed by atoms with Crippen molar-refractivity contribution in [1.29, 1.82) is 0 Å². The van der Waals surface area contributed by atoms with Gasteiger partial charge >= 0.3 is 0 Å². The molecular weight excluding hydrogens is 250 g/mol. The highest BCUT2D eigenvalue weighted by Gasteiger charge is 2.31. The monoisotopic (exact) mass is 269 g/mol. The second-order valence-electron chi connectivity index (χ2n) is 5.53. The second kappa shape index (κ2) is 5.26. The minimum atomic E-state index is 0.223. The van der Waals surface area contributed by atoms with Gasteiger partial charge in [-0.1, -0.05) is 13.8 Å². The lowest BCUT2D eigenvalue weighted by Gasteiger charge is -2.18. The summed E-state index contributed by atoms with van der Waals surface area (Å²) in [7, 11) is 0. The Kier molecular flexibility index (Phi) is 3.90. The maximum Gasteiger partial charge on any atom is 0.229 e. The van der Waals surface area contributed by atoms with Crippen molar-refractivity contribution < 1.29 is 0 Å². The first kappa shape index (κ1) is 13.3. The van der Waals surface area contributed by atoms with Crippen LogP contribution >= 0.6 is 11.6 Å². The number of rotatable bonds is 4. The van der Waals surface area contributed by atoms with Crippen LogP contribution in [0.4, 0.5) is 11.9 Å². The Labute approximate surface area is 113 Å². The molecule has 0 aliphatic heterocycles. The third-order valence-electron chi connectivity index (χ3n) is 3.24. The predicted octanol–water partition coefficient (Wildman–Crippen LogP) is 2.95. The van der Waals surface area contributed by atoms with Crippen molar-refractivity contribution in [2.75, 3.05) is 17.2 Å². The van der Waals surface area contributed by atoms with Gasteiger partial charge in [0.15, 0.2) is 0 Å². The van der Waals surface area contributed by atoms with Gasteiger partial charge in [-0.3, -0.25) is 0 Å². The van der Waals surface area contributed by atoms with Crippen molar-refractivity contribution >= 4 is 23.5 Å². The van der Waals surface area contributed by atoms with Gasteiger partial charge in [-0.05, 0) is 43.2 Å². The van der Waals surface area contributed by atoms with Crippen LogP contribution in [-0.2, 0) is 0 Å². The molecule has 1 unspecified atom stereocenters. The smallest absolute Gasteiger partial charge is 0.229 e.